The normalized spacial score (nSPS) is 10.3. The van der Waals surface area contributed by atoms with E-state index >= 15 is 0 Å². The number of nitrogens with one attached hydrogen (secondary N) is 3. The van der Waals surface area contributed by atoms with Crippen LogP contribution in [0.5, 0.6) is 5.75 Å². The number of aryl methyl sites for hydroxylation is 1. The Morgan fingerprint density at radius 2 is 1.77 bits per heavy atom. The van der Waals surface area contributed by atoms with E-state index in [1.807, 2.05) is 0 Å². The summed E-state index contributed by atoms with van der Waals surface area (Å²) >= 11 is 3.27. The molecule has 0 bridgehead atoms. The Morgan fingerprint density at radius 1 is 1.18 bits per heavy atom. The molecule has 0 radical (unpaired) electrons. The van der Waals surface area contributed by atoms with Crippen LogP contribution in [0.4, 0.5) is 0 Å². The molecule has 0 aliphatic carbocycles. The SMILES string of the molecule is Cc1[nH]nc(C(=O)NCCNC(=O)c2ccc(O)cc2)c1Br. The van der Waals surface area contributed by atoms with E-state index in [-0.39, 0.29) is 36.3 Å². The number of aromatic hydroxyl groups is 1. The highest BCUT2D eigenvalue weighted by Crippen LogP contribution is 2.17. The molecule has 8 heteroatoms. The Morgan fingerprint density at radius 3 is 2.32 bits per heavy atom. The second-order valence-electron chi connectivity index (χ2n) is 4.57. The first-order chi connectivity index (χ1) is 10.5. The third kappa shape index (κ3) is 3.85. The van der Waals surface area contributed by atoms with E-state index in [4.69, 9.17) is 5.11 Å². The molecular weight excluding hydrogens is 352 g/mol. The van der Waals surface area contributed by atoms with Gasteiger partial charge in [-0.1, -0.05) is 0 Å². The molecule has 0 unspecified atom stereocenters. The van der Waals surface area contributed by atoms with Gasteiger partial charge in [0.05, 0.1) is 4.47 Å². The number of nitrogens with zero attached hydrogens (tertiary/aromatic N) is 1. The van der Waals surface area contributed by atoms with Gasteiger partial charge in [0, 0.05) is 24.3 Å². The van der Waals surface area contributed by atoms with Gasteiger partial charge < -0.3 is 15.7 Å². The van der Waals surface area contributed by atoms with Crippen molar-refractivity contribution in [2.75, 3.05) is 13.1 Å². The maximum absolute atomic E-state index is 11.9. The number of hydrogen-bond acceptors (Lipinski definition) is 4. The van der Waals surface area contributed by atoms with Crippen LogP contribution in [0.2, 0.25) is 0 Å². The van der Waals surface area contributed by atoms with Crippen LogP contribution in [-0.2, 0) is 0 Å². The highest BCUT2D eigenvalue weighted by molar-refractivity contribution is 9.10. The third-order valence-corrected chi connectivity index (χ3v) is 3.88. The summed E-state index contributed by atoms with van der Waals surface area (Å²) in [4.78, 5) is 23.7. The van der Waals surface area contributed by atoms with Crippen molar-refractivity contribution in [2.24, 2.45) is 0 Å². The molecule has 0 fully saturated rings. The second-order valence-corrected chi connectivity index (χ2v) is 5.36. The van der Waals surface area contributed by atoms with E-state index in [9.17, 15) is 9.59 Å². The lowest BCUT2D eigenvalue weighted by atomic mass is 10.2. The number of aromatic amines is 1. The van der Waals surface area contributed by atoms with Crippen LogP contribution in [0.25, 0.3) is 0 Å². The monoisotopic (exact) mass is 366 g/mol. The number of hydrogen-bond donors (Lipinski definition) is 4. The number of amides is 2. The van der Waals surface area contributed by atoms with E-state index < -0.39 is 0 Å². The fourth-order valence-electron chi connectivity index (χ4n) is 1.72. The first-order valence-electron chi connectivity index (χ1n) is 6.55. The van der Waals surface area contributed by atoms with E-state index in [1.54, 1.807) is 6.92 Å². The van der Waals surface area contributed by atoms with Crippen LogP contribution in [0.3, 0.4) is 0 Å². The average molecular weight is 367 g/mol. The first-order valence-corrected chi connectivity index (χ1v) is 7.34. The average Bonchev–Trinajstić information content (AvgIpc) is 2.84. The minimum absolute atomic E-state index is 0.101. The number of phenols is 1. The van der Waals surface area contributed by atoms with Crippen molar-refractivity contribution in [2.45, 2.75) is 6.92 Å². The Hall–Kier alpha value is -2.35. The van der Waals surface area contributed by atoms with Gasteiger partial charge in [-0.05, 0) is 47.1 Å². The van der Waals surface area contributed by atoms with Gasteiger partial charge in [0.15, 0.2) is 5.69 Å². The van der Waals surface area contributed by atoms with Crippen LogP contribution in [0, 0.1) is 6.92 Å². The van der Waals surface area contributed by atoms with Crippen molar-refractivity contribution < 1.29 is 14.7 Å². The smallest absolute Gasteiger partial charge is 0.273 e. The van der Waals surface area contributed by atoms with Gasteiger partial charge >= 0.3 is 0 Å². The Kier molecular flexibility index (Phi) is 5.16. The van der Waals surface area contributed by atoms with Gasteiger partial charge in [-0.3, -0.25) is 14.7 Å². The highest BCUT2D eigenvalue weighted by atomic mass is 79.9. The van der Waals surface area contributed by atoms with Gasteiger partial charge in [-0.2, -0.15) is 5.10 Å². The van der Waals surface area contributed by atoms with Crippen LogP contribution in [0.1, 0.15) is 26.5 Å². The zero-order valence-electron chi connectivity index (χ0n) is 11.8. The number of halogens is 1. The molecule has 2 amide bonds. The van der Waals surface area contributed by atoms with Gasteiger partial charge in [0.25, 0.3) is 11.8 Å². The fourth-order valence-corrected chi connectivity index (χ4v) is 2.07. The summed E-state index contributed by atoms with van der Waals surface area (Å²) < 4.78 is 0.623. The summed E-state index contributed by atoms with van der Waals surface area (Å²) in [5, 5.41) is 21.1. The van der Waals surface area contributed by atoms with Gasteiger partial charge in [0.2, 0.25) is 0 Å². The largest absolute Gasteiger partial charge is 0.508 e. The predicted molar refractivity (Wildman–Crippen MR) is 83.8 cm³/mol. The molecule has 2 rings (SSSR count). The Labute approximate surface area is 135 Å². The van der Waals surface area contributed by atoms with E-state index in [2.05, 4.69) is 36.8 Å². The van der Waals surface area contributed by atoms with Crippen LogP contribution in [-0.4, -0.2) is 40.2 Å². The highest BCUT2D eigenvalue weighted by Gasteiger charge is 2.15. The van der Waals surface area contributed by atoms with Crippen molar-refractivity contribution in [3.8, 4) is 5.75 Å². The fraction of sp³-hybridized carbons (Fsp3) is 0.214. The number of rotatable bonds is 5. The van der Waals surface area contributed by atoms with Crippen molar-refractivity contribution in [1.82, 2.24) is 20.8 Å². The summed E-state index contributed by atoms with van der Waals surface area (Å²) in [6.07, 6.45) is 0. The Bertz CT molecular complexity index is 682. The zero-order valence-corrected chi connectivity index (χ0v) is 13.4. The maximum atomic E-state index is 11.9. The molecule has 0 saturated carbocycles. The summed E-state index contributed by atoms with van der Waals surface area (Å²) in [7, 11) is 0. The molecule has 1 heterocycles. The molecular formula is C14H15BrN4O3. The minimum atomic E-state index is -0.324. The number of benzene rings is 1. The van der Waals surface area contributed by atoms with Crippen LogP contribution < -0.4 is 10.6 Å². The Balaban J connectivity index is 1.77. The number of carbonyl (C=O) groups is 2. The number of phenolic OH excluding ortho intramolecular Hbond substituents is 1. The van der Waals surface area contributed by atoms with E-state index in [0.29, 0.717) is 10.0 Å². The molecule has 4 N–H and O–H groups in total. The lowest BCUT2D eigenvalue weighted by molar-refractivity contribution is 0.0924. The van der Waals surface area contributed by atoms with Gasteiger partial charge in [0.1, 0.15) is 5.75 Å². The minimum Gasteiger partial charge on any atom is -0.508 e. The summed E-state index contributed by atoms with van der Waals surface area (Å²) in [5.74, 6) is -0.496. The third-order valence-electron chi connectivity index (χ3n) is 2.91. The number of carbonyl (C=O) groups excluding carboxylic acids is 2. The van der Waals surface area contributed by atoms with Crippen LogP contribution in [0.15, 0.2) is 28.7 Å². The number of aromatic nitrogens is 2. The second kappa shape index (κ2) is 7.08. The van der Waals surface area contributed by atoms with Crippen LogP contribution >= 0.6 is 15.9 Å². The predicted octanol–water partition coefficient (Wildman–Crippen LogP) is 1.35. The topological polar surface area (TPSA) is 107 Å². The zero-order chi connectivity index (χ0) is 16.1. The summed E-state index contributed by atoms with van der Waals surface area (Å²) in [6.45, 7) is 2.36. The molecule has 0 spiro atoms. The lowest BCUT2D eigenvalue weighted by Crippen LogP contribution is -2.34. The molecule has 1 aromatic heterocycles. The molecule has 22 heavy (non-hydrogen) atoms. The molecule has 0 saturated heterocycles. The van der Waals surface area contributed by atoms with Gasteiger partial charge in [-0.25, -0.2) is 0 Å². The van der Waals surface area contributed by atoms with E-state index in [0.717, 1.165) is 5.69 Å². The molecule has 2 aromatic rings. The van der Waals surface area contributed by atoms with Crippen molar-refractivity contribution in [3.63, 3.8) is 0 Å². The van der Waals surface area contributed by atoms with Crippen molar-refractivity contribution >= 4 is 27.7 Å². The molecule has 116 valence electrons. The molecule has 0 aliphatic rings. The maximum Gasteiger partial charge on any atom is 0.273 e. The van der Waals surface area contributed by atoms with Crippen molar-refractivity contribution in [1.29, 1.82) is 0 Å². The van der Waals surface area contributed by atoms with Crippen molar-refractivity contribution in [3.05, 3.63) is 45.7 Å². The molecule has 1 aromatic carbocycles. The molecule has 0 aliphatic heterocycles. The summed E-state index contributed by atoms with van der Waals surface area (Å²) in [5.41, 5.74) is 1.49. The van der Waals surface area contributed by atoms with E-state index in [1.165, 1.54) is 24.3 Å². The number of H-pyrrole nitrogens is 1. The standard InChI is InChI=1S/C14H15BrN4O3/c1-8-11(15)12(19-18-8)14(22)17-7-6-16-13(21)9-2-4-10(20)5-3-9/h2-5,20H,6-7H2,1H3,(H,16,21)(H,17,22)(H,18,19). The summed E-state index contributed by atoms with van der Waals surface area (Å²) in [6, 6.07) is 5.92. The molecule has 7 nitrogen and oxygen atoms in total. The quantitative estimate of drug-likeness (QED) is 0.599. The lowest BCUT2D eigenvalue weighted by Gasteiger charge is -2.06. The first kappa shape index (κ1) is 16.0. The molecule has 0 atom stereocenters. The van der Waals surface area contributed by atoms with Gasteiger partial charge in [-0.15, -0.1) is 0 Å².